The second-order valence-corrected chi connectivity index (χ2v) is 4.46. The summed E-state index contributed by atoms with van der Waals surface area (Å²) in [5.74, 6) is 1.21. The predicted octanol–water partition coefficient (Wildman–Crippen LogP) is 2.31. The smallest absolute Gasteiger partial charge is 0.164 e. The summed E-state index contributed by atoms with van der Waals surface area (Å²) in [7, 11) is 1.67. The number of carbonyl (C=O) groups excluding carboxylic acids is 1. The fourth-order valence-electron chi connectivity index (χ4n) is 2.06. The first-order valence-electron chi connectivity index (χ1n) is 5.35. The molecule has 0 radical (unpaired) electrons. The molecule has 0 aromatic carbocycles. The van der Waals surface area contributed by atoms with Crippen molar-refractivity contribution in [3.63, 3.8) is 0 Å². The minimum Gasteiger partial charge on any atom is -0.370 e. The molecule has 0 unspecified atom stereocenters. The number of hydrogen-bond acceptors (Lipinski definition) is 2. The second kappa shape index (κ2) is 3.41. The molecule has 0 amide bonds. The van der Waals surface area contributed by atoms with Crippen molar-refractivity contribution in [3.05, 3.63) is 0 Å². The van der Waals surface area contributed by atoms with Crippen molar-refractivity contribution >= 4 is 5.78 Å². The van der Waals surface area contributed by atoms with Gasteiger partial charge in [0, 0.05) is 13.5 Å². The average Bonchev–Trinajstić information content (AvgIpc) is 2.82. The van der Waals surface area contributed by atoms with Crippen molar-refractivity contribution < 1.29 is 9.53 Å². The summed E-state index contributed by atoms with van der Waals surface area (Å²) < 4.78 is 5.34. The fourth-order valence-corrected chi connectivity index (χ4v) is 2.06. The van der Waals surface area contributed by atoms with Crippen LogP contribution in [0.5, 0.6) is 0 Å². The van der Waals surface area contributed by atoms with Crippen LogP contribution >= 0.6 is 0 Å². The van der Waals surface area contributed by atoms with E-state index < -0.39 is 0 Å². The second-order valence-electron chi connectivity index (χ2n) is 4.46. The average molecular weight is 182 g/mol. The normalized spacial score (nSPS) is 25.3. The van der Waals surface area contributed by atoms with Crippen molar-refractivity contribution in [1.82, 2.24) is 0 Å². The van der Waals surface area contributed by atoms with Gasteiger partial charge < -0.3 is 4.74 Å². The molecule has 0 spiro atoms. The minimum atomic E-state index is -0.352. The lowest BCUT2D eigenvalue weighted by Crippen LogP contribution is -2.46. The Bertz CT molecular complexity index is 197. The number of rotatable bonds is 5. The lowest BCUT2D eigenvalue weighted by Gasteiger charge is -2.38. The van der Waals surface area contributed by atoms with E-state index in [1.165, 1.54) is 12.8 Å². The molecule has 0 aromatic heterocycles. The van der Waals surface area contributed by atoms with E-state index in [-0.39, 0.29) is 5.60 Å². The Labute approximate surface area is 79.7 Å². The monoisotopic (exact) mass is 182 g/mol. The number of ketones is 1. The largest absolute Gasteiger partial charge is 0.370 e. The van der Waals surface area contributed by atoms with Gasteiger partial charge in [0.25, 0.3) is 0 Å². The third kappa shape index (κ3) is 1.78. The summed E-state index contributed by atoms with van der Waals surface area (Å²) in [4.78, 5) is 11.8. The molecular weight excluding hydrogens is 164 g/mol. The van der Waals surface area contributed by atoms with E-state index in [1.807, 2.05) is 0 Å². The summed E-state index contributed by atoms with van der Waals surface area (Å²) in [5.41, 5.74) is -0.352. The molecule has 0 N–H and O–H groups in total. The fraction of sp³-hybridized carbons (Fsp3) is 0.909. The highest BCUT2D eigenvalue weighted by Crippen LogP contribution is 2.39. The first-order chi connectivity index (χ1) is 6.27. The lowest BCUT2D eigenvalue weighted by molar-refractivity contribution is -0.151. The molecular formula is C11H18O2. The van der Waals surface area contributed by atoms with Crippen LogP contribution in [0.1, 0.15) is 44.9 Å². The zero-order valence-electron chi connectivity index (χ0n) is 8.34. The predicted molar refractivity (Wildman–Crippen MR) is 50.6 cm³/mol. The quantitative estimate of drug-likeness (QED) is 0.652. The van der Waals surface area contributed by atoms with Gasteiger partial charge in [-0.3, -0.25) is 4.79 Å². The summed E-state index contributed by atoms with van der Waals surface area (Å²) in [6.07, 6.45) is 7.59. The summed E-state index contributed by atoms with van der Waals surface area (Å²) in [5, 5.41) is 0. The van der Waals surface area contributed by atoms with E-state index in [0.717, 1.165) is 38.0 Å². The molecule has 2 saturated carbocycles. The van der Waals surface area contributed by atoms with Gasteiger partial charge in [0.15, 0.2) is 5.78 Å². The number of ether oxygens (including phenoxy) is 1. The summed E-state index contributed by atoms with van der Waals surface area (Å²) >= 11 is 0. The first-order valence-corrected chi connectivity index (χ1v) is 5.35. The Morgan fingerprint density at radius 2 is 2.15 bits per heavy atom. The van der Waals surface area contributed by atoms with Gasteiger partial charge in [-0.15, -0.1) is 0 Å². The van der Waals surface area contributed by atoms with Gasteiger partial charge in [0.1, 0.15) is 5.60 Å². The van der Waals surface area contributed by atoms with Gasteiger partial charge in [0.05, 0.1) is 0 Å². The zero-order chi connectivity index (χ0) is 9.31. The van der Waals surface area contributed by atoms with Crippen molar-refractivity contribution in [1.29, 1.82) is 0 Å². The zero-order valence-corrected chi connectivity index (χ0v) is 8.34. The van der Waals surface area contributed by atoms with Gasteiger partial charge in [-0.25, -0.2) is 0 Å². The molecule has 74 valence electrons. The van der Waals surface area contributed by atoms with Crippen molar-refractivity contribution in [2.75, 3.05) is 7.11 Å². The van der Waals surface area contributed by atoms with Crippen LogP contribution in [0.2, 0.25) is 0 Å². The SMILES string of the molecule is COC1(C(=O)CCC2CC2)CCC1. The maximum Gasteiger partial charge on any atom is 0.164 e. The molecule has 2 nitrogen and oxygen atoms in total. The molecule has 0 heterocycles. The number of Topliss-reactive ketones (excluding diaryl/α,β-unsaturated/α-hetero) is 1. The van der Waals surface area contributed by atoms with Gasteiger partial charge in [-0.2, -0.15) is 0 Å². The molecule has 2 fully saturated rings. The molecule has 0 aliphatic heterocycles. The molecule has 0 saturated heterocycles. The van der Waals surface area contributed by atoms with Gasteiger partial charge in [0.2, 0.25) is 0 Å². The van der Waals surface area contributed by atoms with Crippen molar-refractivity contribution in [2.45, 2.75) is 50.5 Å². The molecule has 0 aromatic rings. The molecule has 2 aliphatic rings. The Morgan fingerprint density at radius 1 is 1.46 bits per heavy atom. The Balaban J connectivity index is 1.79. The number of carbonyl (C=O) groups is 1. The maximum atomic E-state index is 11.8. The molecule has 0 bridgehead atoms. The van der Waals surface area contributed by atoms with Crippen LogP contribution < -0.4 is 0 Å². The third-order valence-electron chi connectivity index (χ3n) is 3.54. The Morgan fingerprint density at radius 3 is 2.54 bits per heavy atom. The summed E-state index contributed by atoms with van der Waals surface area (Å²) in [6, 6.07) is 0. The molecule has 13 heavy (non-hydrogen) atoms. The van der Waals surface area contributed by atoms with E-state index in [0.29, 0.717) is 5.78 Å². The topological polar surface area (TPSA) is 26.3 Å². The van der Waals surface area contributed by atoms with Crippen LogP contribution in [0.25, 0.3) is 0 Å². The van der Waals surface area contributed by atoms with Crippen LogP contribution in [0.15, 0.2) is 0 Å². The number of hydrogen-bond donors (Lipinski definition) is 0. The minimum absolute atomic E-state index is 0.352. The molecule has 0 atom stereocenters. The highest BCUT2D eigenvalue weighted by atomic mass is 16.5. The van der Waals surface area contributed by atoms with Crippen LogP contribution in [0.4, 0.5) is 0 Å². The van der Waals surface area contributed by atoms with Crippen molar-refractivity contribution in [3.8, 4) is 0 Å². The highest BCUT2D eigenvalue weighted by Gasteiger charge is 2.43. The van der Waals surface area contributed by atoms with E-state index >= 15 is 0 Å². The number of methoxy groups -OCH3 is 1. The maximum absolute atomic E-state index is 11.8. The highest BCUT2D eigenvalue weighted by molar-refractivity contribution is 5.88. The van der Waals surface area contributed by atoms with E-state index in [2.05, 4.69) is 0 Å². The first kappa shape index (κ1) is 9.20. The van der Waals surface area contributed by atoms with Crippen LogP contribution in [-0.4, -0.2) is 18.5 Å². The standard InChI is InChI=1S/C11H18O2/c1-13-11(7-2-8-11)10(12)6-5-9-3-4-9/h9H,2-8H2,1H3. The molecule has 2 aliphatic carbocycles. The van der Waals surface area contributed by atoms with Gasteiger partial charge in [-0.05, 0) is 31.6 Å². The Kier molecular flexibility index (Phi) is 2.41. The van der Waals surface area contributed by atoms with Crippen LogP contribution in [-0.2, 0) is 9.53 Å². The molecule has 2 heteroatoms. The van der Waals surface area contributed by atoms with Gasteiger partial charge >= 0.3 is 0 Å². The molecule has 2 rings (SSSR count). The van der Waals surface area contributed by atoms with E-state index in [9.17, 15) is 4.79 Å². The van der Waals surface area contributed by atoms with E-state index in [1.54, 1.807) is 7.11 Å². The van der Waals surface area contributed by atoms with Gasteiger partial charge in [-0.1, -0.05) is 12.8 Å². The summed E-state index contributed by atoms with van der Waals surface area (Å²) in [6.45, 7) is 0. The third-order valence-corrected chi connectivity index (χ3v) is 3.54. The lowest BCUT2D eigenvalue weighted by atomic mass is 9.75. The van der Waals surface area contributed by atoms with E-state index in [4.69, 9.17) is 4.74 Å². The van der Waals surface area contributed by atoms with Crippen LogP contribution in [0, 0.1) is 5.92 Å². The van der Waals surface area contributed by atoms with Crippen LogP contribution in [0.3, 0.4) is 0 Å². The van der Waals surface area contributed by atoms with Crippen molar-refractivity contribution in [2.24, 2.45) is 5.92 Å². The Hall–Kier alpha value is -0.370.